The molecule has 0 radical (unpaired) electrons. The van der Waals surface area contributed by atoms with Gasteiger partial charge < -0.3 is 9.42 Å². The van der Waals surface area contributed by atoms with Gasteiger partial charge in [0.1, 0.15) is 0 Å². The van der Waals surface area contributed by atoms with E-state index in [0.717, 1.165) is 10.0 Å². The molecular formula is C15H12BrN5O2. The Balaban J connectivity index is 1.44. The van der Waals surface area contributed by atoms with Crippen molar-refractivity contribution in [3.8, 4) is 11.3 Å². The molecule has 4 rings (SSSR count). The summed E-state index contributed by atoms with van der Waals surface area (Å²) in [5, 5.41) is 8.11. The fourth-order valence-corrected chi connectivity index (χ4v) is 2.79. The number of hydrogen-bond acceptors (Lipinski definition) is 5. The van der Waals surface area contributed by atoms with E-state index in [-0.39, 0.29) is 11.9 Å². The summed E-state index contributed by atoms with van der Waals surface area (Å²) in [6.45, 7) is 1.23. The summed E-state index contributed by atoms with van der Waals surface area (Å²) in [5.41, 5.74) is 1.10. The molecule has 0 saturated carbocycles. The first-order chi connectivity index (χ1) is 11.2. The van der Waals surface area contributed by atoms with Crippen LogP contribution in [0.2, 0.25) is 0 Å². The Labute approximate surface area is 140 Å². The summed E-state index contributed by atoms with van der Waals surface area (Å²) in [4.78, 5) is 18.2. The Bertz CT molecular complexity index is 838. The smallest absolute Gasteiger partial charge is 0.276 e. The van der Waals surface area contributed by atoms with Gasteiger partial charge in [-0.05, 0) is 28.1 Å². The summed E-state index contributed by atoms with van der Waals surface area (Å²) in [6.07, 6.45) is 7.00. The second-order valence-corrected chi connectivity index (χ2v) is 6.24. The van der Waals surface area contributed by atoms with Gasteiger partial charge in [0.25, 0.3) is 5.91 Å². The summed E-state index contributed by atoms with van der Waals surface area (Å²) >= 11 is 3.37. The van der Waals surface area contributed by atoms with Crippen molar-refractivity contribution in [2.45, 2.75) is 6.04 Å². The molecule has 3 aromatic rings. The second kappa shape index (κ2) is 5.62. The maximum Gasteiger partial charge on any atom is 0.276 e. The third kappa shape index (κ3) is 2.65. The standard InChI is InChI=1S/C15H12BrN5O2/c16-11-6-18-21(7-11)12-8-20(9-12)15(22)13-4-14(23-19-13)10-2-1-3-17-5-10/h1-7,12H,8-9H2. The van der Waals surface area contributed by atoms with Gasteiger partial charge in [0.05, 0.1) is 16.7 Å². The zero-order chi connectivity index (χ0) is 15.8. The zero-order valence-corrected chi connectivity index (χ0v) is 13.5. The molecule has 1 amide bonds. The molecule has 1 aliphatic heterocycles. The van der Waals surface area contributed by atoms with Crippen LogP contribution < -0.4 is 0 Å². The van der Waals surface area contributed by atoms with Crippen LogP contribution in [0.1, 0.15) is 16.5 Å². The third-order valence-corrected chi connectivity index (χ3v) is 4.18. The molecule has 0 aromatic carbocycles. The molecule has 8 heteroatoms. The van der Waals surface area contributed by atoms with Gasteiger partial charge in [-0.25, -0.2) is 0 Å². The average Bonchev–Trinajstić information content (AvgIpc) is 3.16. The van der Waals surface area contributed by atoms with Crippen LogP contribution in [0, 0.1) is 0 Å². The highest BCUT2D eigenvalue weighted by Gasteiger charge is 2.34. The van der Waals surface area contributed by atoms with Gasteiger partial charge in [0.2, 0.25) is 0 Å². The first-order valence-electron chi connectivity index (χ1n) is 7.07. The maximum absolute atomic E-state index is 12.4. The van der Waals surface area contributed by atoms with E-state index < -0.39 is 0 Å². The van der Waals surface area contributed by atoms with E-state index in [4.69, 9.17) is 4.52 Å². The fourth-order valence-electron chi connectivity index (χ4n) is 2.49. The minimum Gasteiger partial charge on any atom is -0.355 e. The predicted octanol–water partition coefficient (Wildman–Crippen LogP) is 2.39. The lowest BCUT2D eigenvalue weighted by Crippen LogP contribution is -2.50. The summed E-state index contributed by atoms with van der Waals surface area (Å²) < 4.78 is 8.03. The van der Waals surface area contributed by atoms with Crippen LogP contribution in [0.3, 0.4) is 0 Å². The molecule has 116 valence electrons. The van der Waals surface area contributed by atoms with Gasteiger partial charge >= 0.3 is 0 Å². The Morgan fingerprint density at radius 2 is 2.22 bits per heavy atom. The van der Waals surface area contributed by atoms with Crippen molar-refractivity contribution in [3.63, 3.8) is 0 Å². The Kier molecular flexibility index (Phi) is 3.45. The fraction of sp³-hybridized carbons (Fsp3) is 0.200. The van der Waals surface area contributed by atoms with Crippen molar-refractivity contribution in [2.24, 2.45) is 0 Å². The van der Waals surface area contributed by atoms with Crippen molar-refractivity contribution < 1.29 is 9.32 Å². The number of pyridine rings is 1. The number of amides is 1. The summed E-state index contributed by atoms with van der Waals surface area (Å²) in [5.74, 6) is 0.404. The molecule has 0 unspecified atom stereocenters. The quantitative estimate of drug-likeness (QED) is 0.704. The Morgan fingerprint density at radius 1 is 1.35 bits per heavy atom. The van der Waals surface area contributed by atoms with Gasteiger partial charge in [-0.3, -0.25) is 14.5 Å². The number of aromatic nitrogens is 4. The van der Waals surface area contributed by atoms with Crippen molar-refractivity contribution in [1.29, 1.82) is 0 Å². The second-order valence-electron chi connectivity index (χ2n) is 5.32. The number of hydrogen-bond donors (Lipinski definition) is 0. The van der Waals surface area contributed by atoms with Gasteiger partial charge in [0, 0.05) is 43.3 Å². The third-order valence-electron chi connectivity index (χ3n) is 3.77. The van der Waals surface area contributed by atoms with Crippen LogP contribution in [-0.2, 0) is 0 Å². The van der Waals surface area contributed by atoms with Crippen LogP contribution >= 0.6 is 15.9 Å². The predicted molar refractivity (Wildman–Crippen MR) is 84.6 cm³/mol. The molecule has 0 aliphatic carbocycles. The van der Waals surface area contributed by atoms with E-state index in [2.05, 4.69) is 31.2 Å². The normalized spacial score (nSPS) is 14.7. The number of likely N-dealkylation sites (tertiary alicyclic amines) is 1. The van der Waals surface area contributed by atoms with Crippen LogP contribution in [0.5, 0.6) is 0 Å². The SMILES string of the molecule is O=C(c1cc(-c2cccnc2)on1)N1CC(n2cc(Br)cn2)C1. The molecule has 7 nitrogen and oxygen atoms in total. The molecule has 1 aliphatic rings. The molecular weight excluding hydrogens is 362 g/mol. The van der Waals surface area contributed by atoms with Gasteiger partial charge in [-0.1, -0.05) is 5.16 Å². The van der Waals surface area contributed by atoms with E-state index in [9.17, 15) is 4.79 Å². The number of halogens is 1. The molecule has 0 N–H and O–H groups in total. The molecule has 1 saturated heterocycles. The molecule has 23 heavy (non-hydrogen) atoms. The molecule has 3 aromatic heterocycles. The average molecular weight is 374 g/mol. The van der Waals surface area contributed by atoms with E-state index >= 15 is 0 Å². The topological polar surface area (TPSA) is 77.0 Å². The number of rotatable bonds is 3. The summed E-state index contributed by atoms with van der Waals surface area (Å²) in [7, 11) is 0. The lowest BCUT2D eigenvalue weighted by molar-refractivity contribution is 0.0491. The van der Waals surface area contributed by atoms with Crippen LogP contribution in [-0.4, -0.2) is 43.8 Å². The first-order valence-corrected chi connectivity index (χ1v) is 7.86. The van der Waals surface area contributed by atoms with Crippen molar-refractivity contribution in [3.05, 3.63) is 53.2 Å². The molecule has 0 bridgehead atoms. The van der Waals surface area contributed by atoms with Crippen LogP contribution in [0.15, 0.2) is 52.0 Å². The molecule has 1 fully saturated rings. The number of carbonyl (C=O) groups excluding carboxylic acids is 1. The molecule has 4 heterocycles. The first kappa shape index (κ1) is 14.1. The zero-order valence-electron chi connectivity index (χ0n) is 12.0. The highest BCUT2D eigenvalue weighted by Crippen LogP contribution is 2.25. The van der Waals surface area contributed by atoms with E-state index in [0.29, 0.717) is 24.5 Å². The highest BCUT2D eigenvalue weighted by atomic mass is 79.9. The number of nitrogens with zero attached hydrogens (tertiary/aromatic N) is 5. The van der Waals surface area contributed by atoms with E-state index in [1.165, 1.54) is 0 Å². The minimum absolute atomic E-state index is 0.133. The summed E-state index contributed by atoms with van der Waals surface area (Å²) in [6, 6.07) is 5.52. The number of carbonyl (C=O) groups is 1. The van der Waals surface area contributed by atoms with Crippen LogP contribution in [0.4, 0.5) is 0 Å². The van der Waals surface area contributed by atoms with Gasteiger partial charge in [-0.2, -0.15) is 5.10 Å². The van der Waals surface area contributed by atoms with Crippen molar-refractivity contribution >= 4 is 21.8 Å². The largest absolute Gasteiger partial charge is 0.355 e. The van der Waals surface area contributed by atoms with Crippen molar-refractivity contribution in [1.82, 2.24) is 24.8 Å². The van der Waals surface area contributed by atoms with Crippen LogP contribution in [0.25, 0.3) is 11.3 Å². The molecule has 0 atom stereocenters. The molecule has 0 spiro atoms. The Morgan fingerprint density at radius 3 is 2.91 bits per heavy atom. The van der Waals surface area contributed by atoms with E-state index in [1.54, 1.807) is 29.6 Å². The highest BCUT2D eigenvalue weighted by molar-refractivity contribution is 9.10. The van der Waals surface area contributed by atoms with Gasteiger partial charge in [0.15, 0.2) is 11.5 Å². The maximum atomic E-state index is 12.4. The monoisotopic (exact) mass is 373 g/mol. The van der Waals surface area contributed by atoms with Crippen molar-refractivity contribution in [2.75, 3.05) is 13.1 Å². The Hall–Kier alpha value is -2.48. The lowest BCUT2D eigenvalue weighted by atomic mass is 10.1. The minimum atomic E-state index is -0.133. The van der Waals surface area contributed by atoms with Gasteiger partial charge in [-0.15, -0.1) is 0 Å². The lowest BCUT2D eigenvalue weighted by Gasteiger charge is -2.38. The van der Waals surface area contributed by atoms with E-state index in [1.807, 2.05) is 23.0 Å².